The van der Waals surface area contributed by atoms with Crippen molar-refractivity contribution in [2.24, 2.45) is 0 Å². The quantitative estimate of drug-likeness (QED) is 0.450. The molecule has 0 bridgehead atoms. The highest BCUT2D eigenvalue weighted by atomic mass is 16.6. The van der Waals surface area contributed by atoms with Crippen LogP contribution in [0.4, 0.5) is 11.4 Å². The maximum absolute atomic E-state index is 12.1. The van der Waals surface area contributed by atoms with Crippen molar-refractivity contribution in [1.82, 2.24) is 0 Å². The van der Waals surface area contributed by atoms with Gasteiger partial charge < -0.3 is 19.5 Å². The Hall–Kier alpha value is -3.62. The van der Waals surface area contributed by atoms with Gasteiger partial charge in [0, 0.05) is 23.4 Å². The van der Waals surface area contributed by atoms with Crippen LogP contribution in [0.1, 0.15) is 15.9 Å². The van der Waals surface area contributed by atoms with Crippen LogP contribution in [0.15, 0.2) is 36.4 Å². The average Bonchev–Trinajstić information content (AvgIpc) is 2.66. The largest absolute Gasteiger partial charge is 0.497 e. The lowest BCUT2D eigenvalue weighted by molar-refractivity contribution is -0.385. The molecule has 0 heterocycles. The minimum atomic E-state index is -0.739. The Bertz CT molecular complexity index is 858. The summed E-state index contributed by atoms with van der Waals surface area (Å²) in [5, 5.41) is 13.4. The summed E-state index contributed by atoms with van der Waals surface area (Å²) in [6.07, 6.45) is 0. The van der Waals surface area contributed by atoms with Crippen LogP contribution in [-0.4, -0.2) is 37.6 Å². The zero-order valence-electron chi connectivity index (χ0n) is 15.0. The molecule has 0 fully saturated rings. The van der Waals surface area contributed by atoms with E-state index in [1.54, 1.807) is 13.0 Å². The average molecular weight is 374 g/mol. The number of carbonyl (C=O) groups excluding carboxylic acids is 2. The number of carbonyl (C=O) groups is 2. The van der Waals surface area contributed by atoms with Crippen molar-refractivity contribution in [2.45, 2.75) is 6.92 Å². The van der Waals surface area contributed by atoms with Crippen LogP contribution in [0.2, 0.25) is 0 Å². The number of esters is 1. The van der Waals surface area contributed by atoms with Gasteiger partial charge in [-0.2, -0.15) is 0 Å². The summed E-state index contributed by atoms with van der Waals surface area (Å²) in [4.78, 5) is 34.5. The van der Waals surface area contributed by atoms with E-state index in [2.05, 4.69) is 5.32 Å². The number of rotatable bonds is 7. The number of nitro groups is 1. The first-order valence-corrected chi connectivity index (χ1v) is 7.79. The molecule has 27 heavy (non-hydrogen) atoms. The van der Waals surface area contributed by atoms with Gasteiger partial charge in [-0.05, 0) is 25.1 Å². The van der Waals surface area contributed by atoms with Crippen LogP contribution in [0, 0.1) is 17.0 Å². The van der Waals surface area contributed by atoms with E-state index in [4.69, 9.17) is 14.2 Å². The first-order valence-electron chi connectivity index (χ1n) is 7.79. The number of methoxy groups -OCH3 is 2. The second-order valence-corrected chi connectivity index (χ2v) is 5.48. The number of nitrogens with zero attached hydrogens (tertiary/aromatic N) is 1. The van der Waals surface area contributed by atoms with E-state index in [1.165, 1.54) is 44.6 Å². The smallest absolute Gasteiger partial charge is 0.338 e. The number of nitrogens with one attached hydrogen (secondary N) is 1. The van der Waals surface area contributed by atoms with E-state index in [1.807, 2.05) is 0 Å². The molecule has 0 atom stereocenters. The Morgan fingerprint density at radius 1 is 1.07 bits per heavy atom. The third kappa shape index (κ3) is 5.18. The third-order valence-electron chi connectivity index (χ3n) is 3.61. The van der Waals surface area contributed by atoms with E-state index in [0.29, 0.717) is 17.1 Å². The summed E-state index contributed by atoms with van der Waals surface area (Å²) in [5.41, 5.74) is 0.742. The maximum Gasteiger partial charge on any atom is 0.338 e. The molecule has 0 aliphatic carbocycles. The van der Waals surface area contributed by atoms with Crippen LogP contribution >= 0.6 is 0 Å². The molecule has 0 unspecified atom stereocenters. The number of amides is 1. The number of nitro benzene ring substituents is 1. The highest BCUT2D eigenvalue weighted by Crippen LogP contribution is 2.24. The minimum absolute atomic E-state index is 0.117. The molecule has 142 valence electrons. The molecule has 9 nitrogen and oxygen atoms in total. The zero-order valence-corrected chi connectivity index (χ0v) is 15.0. The lowest BCUT2D eigenvalue weighted by Crippen LogP contribution is -2.21. The fourth-order valence-electron chi connectivity index (χ4n) is 2.22. The molecule has 2 rings (SSSR count). The summed E-state index contributed by atoms with van der Waals surface area (Å²) < 4.78 is 15.1. The van der Waals surface area contributed by atoms with Gasteiger partial charge in [-0.25, -0.2) is 4.79 Å². The molecule has 9 heteroatoms. The molecule has 0 aliphatic rings. The van der Waals surface area contributed by atoms with Crippen LogP contribution in [0.3, 0.4) is 0 Å². The van der Waals surface area contributed by atoms with Crippen molar-refractivity contribution in [1.29, 1.82) is 0 Å². The van der Waals surface area contributed by atoms with Gasteiger partial charge in [-0.1, -0.05) is 6.07 Å². The number of hydrogen-bond acceptors (Lipinski definition) is 7. The van der Waals surface area contributed by atoms with Gasteiger partial charge in [0.1, 0.15) is 11.5 Å². The van der Waals surface area contributed by atoms with Crippen molar-refractivity contribution in [3.8, 4) is 11.5 Å². The SMILES string of the molecule is COc1cc(OC)cc(C(=O)OCC(=O)Nc2ccc(C)c([N+](=O)[O-])c2)c1. The van der Waals surface area contributed by atoms with E-state index < -0.39 is 23.4 Å². The van der Waals surface area contributed by atoms with Gasteiger partial charge >= 0.3 is 5.97 Å². The fourth-order valence-corrected chi connectivity index (χ4v) is 2.22. The zero-order chi connectivity index (χ0) is 20.0. The summed E-state index contributed by atoms with van der Waals surface area (Å²) in [6, 6.07) is 8.77. The Morgan fingerprint density at radius 3 is 2.26 bits per heavy atom. The highest BCUT2D eigenvalue weighted by Gasteiger charge is 2.15. The van der Waals surface area contributed by atoms with Crippen molar-refractivity contribution in [2.75, 3.05) is 26.1 Å². The molecule has 0 radical (unpaired) electrons. The molecule has 0 saturated carbocycles. The molecule has 1 amide bonds. The molecule has 2 aromatic carbocycles. The first-order chi connectivity index (χ1) is 12.8. The van der Waals surface area contributed by atoms with E-state index in [0.717, 1.165) is 0 Å². The van der Waals surface area contributed by atoms with Crippen molar-refractivity contribution in [3.05, 3.63) is 57.6 Å². The predicted octanol–water partition coefficient (Wildman–Crippen LogP) is 2.72. The van der Waals surface area contributed by atoms with E-state index >= 15 is 0 Å². The van der Waals surface area contributed by atoms with Gasteiger partial charge in [0.25, 0.3) is 11.6 Å². The van der Waals surface area contributed by atoms with Gasteiger partial charge in [0.15, 0.2) is 6.61 Å². The first kappa shape index (κ1) is 19.7. The highest BCUT2D eigenvalue weighted by molar-refractivity contribution is 5.96. The van der Waals surface area contributed by atoms with Gasteiger partial charge in [0.05, 0.1) is 24.7 Å². The van der Waals surface area contributed by atoms with E-state index in [-0.39, 0.29) is 16.9 Å². The monoisotopic (exact) mass is 374 g/mol. The van der Waals surface area contributed by atoms with Crippen molar-refractivity contribution >= 4 is 23.3 Å². The molecule has 0 spiro atoms. The van der Waals surface area contributed by atoms with Crippen molar-refractivity contribution < 1.29 is 28.7 Å². The molecule has 0 aliphatic heterocycles. The van der Waals surface area contributed by atoms with Crippen LogP contribution in [-0.2, 0) is 9.53 Å². The maximum atomic E-state index is 12.1. The number of aryl methyl sites for hydroxylation is 1. The van der Waals surface area contributed by atoms with Gasteiger partial charge in [-0.15, -0.1) is 0 Å². The number of benzene rings is 2. The molecule has 0 aromatic heterocycles. The topological polar surface area (TPSA) is 117 Å². The summed E-state index contributed by atoms with van der Waals surface area (Å²) in [6.45, 7) is 1.04. The third-order valence-corrected chi connectivity index (χ3v) is 3.61. The molecule has 0 saturated heterocycles. The molecular weight excluding hydrogens is 356 g/mol. The summed E-state index contributed by atoms with van der Waals surface area (Å²) in [5.74, 6) is -0.566. The molecule has 1 N–H and O–H groups in total. The second kappa shape index (κ2) is 8.65. The lowest BCUT2D eigenvalue weighted by atomic mass is 10.2. The lowest BCUT2D eigenvalue weighted by Gasteiger charge is -2.09. The van der Waals surface area contributed by atoms with Crippen LogP contribution in [0.5, 0.6) is 11.5 Å². The Kier molecular flexibility index (Phi) is 6.32. The van der Waals surface area contributed by atoms with Crippen LogP contribution in [0.25, 0.3) is 0 Å². The standard InChI is InChI=1S/C18H18N2O7/c1-11-4-5-13(8-16(11)20(23)24)19-17(21)10-27-18(22)12-6-14(25-2)9-15(7-12)26-3/h4-9H,10H2,1-3H3,(H,19,21). The minimum Gasteiger partial charge on any atom is -0.497 e. The predicted molar refractivity (Wildman–Crippen MR) is 96.3 cm³/mol. The second-order valence-electron chi connectivity index (χ2n) is 5.48. The fraction of sp³-hybridized carbons (Fsp3) is 0.222. The molecule has 2 aromatic rings. The number of anilines is 1. The Labute approximate surface area is 155 Å². The number of hydrogen-bond donors (Lipinski definition) is 1. The van der Waals surface area contributed by atoms with Crippen LogP contribution < -0.4 is 14.8 Å². The Balaban J connectivity index is 2.00. The van der Waals surface area contributed by atoms with Gasteiger partial charge in [-0.3, -0.25) is 14.9 Å². The number of ether oxygens (including phenoxy) is 3. The van der Waals surface area contributed by atoms with Crippen molar-refractivity contribution in [3.63, 3.8) is 0 Å². The normalized spacial score (nSPS) is 10.0. The van der Waals surface area contributed by atoms with Gasteiger partial charge in [0.2, 0.25) is 0 Å². The molecular formula is C18H18N2O7. The summed E-state index contributed by atoms with van der Waals surface area (Å²) in [7, 11) is 2.89. The Morgan fingerprint density at radius 2 is 1.70 bits per heavy atom. The summed E-state index contributed by atoms with van der Waals surface area (Å²) >= 11 is 0. The van der Waals surface area contributed by atoms with E-state index in [9.17, 15) is 19.7 Å².